The van der Waals surface area contributed by atoms with Crippen LogP contribution in [-0.2, 0) is 14.4 Å². The second-order valence-corrected chi connectivity index (χ2v) is 10.1. The van der Waals surface area contributed by atoms with Crippen molar-refractivity contribution in [2.45, 2.75) is 13.8 Å². The molecule has 2 aliphatic carbocycles. The van der Waals surface area contributed by atoms with Gasteiger partial charge in [-0.1, -0.05) is 72.3 Å². The first kappa shape index (κ1) is 21.1. The molecule has 6 rings (SSSR count). The quantitative estimate of drug-likeness (QED) is 0.466. The standard InChI is InChI=1S/C29H22ClNO3/c1-28-21(17-9-5-3-6-10-17)22(18-11-7-4-8-12-18)29(2,27(28)34)24-23(28)25(32)31(26(24)33)20-15-13-19(30)14-16-20/h3-16,23-24H,1-2H3. The Bertz CT molecular complexity index is 1310. The molecule has 4 unspecified atom stereocenters. The highest BCUT2D eigenvalue weighted by molar-refractivity contribution is 6.34. The number of carbonyl (C=O) groups is 3. The largest absolute Gasteiger partial charge is 0.298 e. The maximum absolute atomic E-state index is 14.2. The molecule has 2 amide bonds. The van der Waals surface area contributed by atoms with Crippen molar-refractivity contribution >= 4 is 46.0 Å². The summed E-state index contributed by atoms with van der Waals surface area (Å²) in [6.07, 6.45) is 0. The predicted octanol–water partition coefficient (Wildman–Crippen LogP) is 5.67. The number of hydrogen-bond donors (Lipinski definition) is 0. The summed E-state index contributed by atoms with van der Waals surface area (Å²) >= 11 is 6.04. The lowest BCUT2D eigenvalue weighted by molar-refractivity contribution is -0.133. The highest BCUT2D eigenvalue weighted by Gasteiger charge is 2.78. The van der Waals surface area contributed by atoms with E-state index >= 15 is 0 Å². The fourth-order valence-corrected chi connectivity index (χ4v) is 6.78. The summed E-state index contributed by atoms with van der Waals surface area (Å²) in [6, 6.07) is 26.2. The Hall–Kier alpha value is -3.50. The van der Waals surface area contributed by atoms with E-state index in [-0.39, 0.29) is 17.6 Å². The second kappa shape index (κ2) is 7.00. The van der Waals surface area contributed by atoms with Crippen LogP contribution in [0.2, 0.25) is 5.02 Å². The number of anilines is 1. The number of hydrogen-bond acceptors (Lipinski definition) is 3. The average Bonchev–Trinajstić information content (AvgIpc) is 3.30. The van der Waals surface area contributed by atoms with Crippen LogP contribution in [0.3, 0.4) is 0 Å². The summed E-state index contributed by atoms with van der Waals surface area (Å²) in [5.41, 5.74) is 1.78. The molecular formula is C29H22ClNO3. The number of benzene rings is 3. The van der Waals surface area contributed by atoms with Gasteiger partial charge in [0.05, 0.1) is 28.4 Å². The first-order valence-electron chi connectivity index (χ1n) is 11.4. The lowest BCUT2D eigenvalue weighted by Crippen LogP contribution is -2.40. The van der Waals surface area contributed by atoms with E-state index in [1.165, 1.54) is 4.90 Å². The maximum atomic E-state index is 14.2. The Balaban J connectivity index is 1.62. The minimum absolute atomic E-state index is 0.0508. The summed E-state index contributed by atoms with van der Waals surface area (Å²) in [5.74, 6) is -2.20. The van der Waals surface area contributed by atoms with Crippen molar-refractivity contribution in [3.63, 3.8) is 0 Å². The van der Waals surface area contributed by atoms with Gasteiger partial charge in [0.15, 0.2) is 5.78 Å². The molecule has 34 heavy (non-hydrogen) atoms. The Kier molecular flexibility index (Phi) is 4.34. The van der Waals surface area contributed by atoms with E-state index in [9.17, 15) is 14.4 Å². The summed E-state index contributed by atoms with van der Waals surface area (Å²) < 4.78 is 0. The van der Waals surface area contributed by atoms with Crippen LogP contribution in [0.1, 0.15) is 25.0 Å². The molecule has 1 saturated heterocycles. The van der Waals surface area contributed by atoms with Gasteiger partial charge in [0.2, 0.25) is 11.8 Å². The van der Waals surface area contributed by atoms with Gasteiger partial charge < -0.3 is 0 Å². The van der Waals surface area contributed by atoms with Gasteiger partial charge in [-0.2, -0.15) is 0 Å². The molecule has 2 bridgehead atoms. The fourth-order valence-electron chi connectivity index (χ4n) is 6.65. The molecule has 2 fully saturated rings. The van der Waals surface area contributed by atoms with Crippen molar-refractivity contribution in [2.75, 3.05) is 4.90 Å². The fraction of sp³-hybridized carbons (Fsp3) is 0.207. The Morgan fingerprint density at radius 3 is 1.47 bits per heavy atom. The molecule has 3 aromatic carbocycles. The molecule has 3 aliphatic rings. The molecule has 4 nitrogen and oxygen atoms in total. The van der Waals surface area contributed by atoms with Crippen LogP contribution in [0.4, 0.5) is 5.69 Å². The van der Waals surface area contributed by atoms with Crippen molar-refractivity contribution in [3.05, 3.63) is 101 Å². The van der Waals surface area contributed by atoms with E-state index in [1.807, 2.05) is 74.5 Å². The van der Waals surface area contributed by atoms with Gasteiger partial charge in [0.1, 0.15) is 0 Å². The molecule has 0 N–H and O–H groups in total. The average molecular weight is 468 g/mol. The number of fused-ring (bicyclic) bond motifs is 5. The number of allylic oxidation sites excluding steroid dienone is 2. The zero-order valence-corrected chi connectivity index (χ0v) is 19.5. The third-order valence-electron chi connectivity index (χ3n) is 7.99. The summed E-state index contributed by atoms with van der Waals surface area (Å²) in [4.78, 5) is 43.2. The minimum Gasteiger partial charge on any atom is -0.298 e. The zero-order chi connectivity index (χ0) is 23.8. The van der Waals surface area contributed by atoms with Crippen LogP contribution in [0.25, 0.3) is 11.1 Å². The van der Waals surface area contributed by atoms with Crippen molar-refractivity contribution in [3.8, 4) is 0 Å². The van der Waals surface area contributed by atoms with E-state index in [0.717, 1.165) is 22.3 Å². The number of rotatable bonds is 3. The number of carbonyl (C=O) groups excluding carboxylic acids is 3. The molecule has 168 valence electrons. The SMILES string of the molecule is CC12C(=O)C(C)(C(c3ccccc3)=C1c1ccccc1)C1C(=O)N(c3ccc(Cl)cc3)C(=O)C12. The minimum atomic E-state index is -1.11. The summed E-state index contributed by atoms with van der Waals surface area (Å²) in [5, 5.41) is 0.525. The van der Waals surface area contributed by atoms with Gasteiger partial charge in [-0.15, -0.1) is 0 Å². The number of ketones is 1. The zero-order valence-electron chi connectivity index (χ0n) is 18.8. The van der Waals surface area contributed by atoms with Gasteiger partial charge in [-0.05, 0) is 60.4 Å². The van der Waals surface area contributed by atoms with Crippen LogP contribution in [-0.4, -0.2) is 17.6 Å². The second-order valence-electron chi connectivity index (χ2n) is 9.66. The maximum Gasteiger partial charge on any atom is 0.239 e. The molecule has 3 aromatic rings. The number of amides is 2. The topological polar surface area (TPSA) is 54.5 Å². The molecule has 1 heterocycles. The lowest BCUT2D eigenvalue weighted by atomic mass is 9.63. The predicted molar refractivity (Wildman–Crippen MR) is 132 cm³/mol. The molecule has 1 aliphatic heterocycles. The van der Waals surface area contributed by atoms with Crippen molar-refractivity contribution in [1.29, 1.82) is 0 Å². The van der Waals surface area contributed by atoms with E-state index in [4.69, 9.17) is 11.6 Å². The van der Waals surface area contributed by atoms with Gasteiger partial charge in [-0.25, -0.2) is 4.90 Å². The van der Waals surface area contributed by atoms with Gasteiger partial charge in [0, 0.05) is 5.02 Å². The van der Waals surface area contributed by atoms with E-state index in [0.29, 0.717) is 10.7 Å². The lowest BCUT2D eigenvalue weighted by Gasteiger charge is -2.35. The van der Waals surface area contributed by atoms with Crippen molar-refractivity contribution in [1.82, 2.24) is 0 Å². The number of imide groups is 1. The molecule has 5 heteroatoms. The highest BCUT2D eigenvalue weighted by atomic mass is 35.5. The van der Waals surface area contributed by atoms with Gasteiger partial charge >= 0.3 is 0 Å². The van der Waals surface area contributed by atoms with E-state index in [2.05, 4.69) is 0 Å². The van der Waals surface area contributed by atoms with Crippen LogP contribution in [0, 0.1) is 22.7 Å². The van der Waals surface area contributed by atoms with Gasteiger partial charge in [0.25, 0.3) is 0 Å². The molecule has 0 radical (unpaired) electrons. The molecule has 1 saturated carbocycles. The Labute approximate surface area is 202 Å². The van der Waals surface area contributed by atoms with E-state index in [1.54, 1.807) is 24.3 Å². The monoisotopic (exact) mass is 467 g/mol. The van der Waals surface area contributed by atoms with Crippen molar-refractivity contribution in [2.24, 2.45) is 22.7 Å². The highest BCUT2D eigenvalue weighted by Crippen LogP contribution is 2.73. The van der Waals surface area contributed by atoms with Gasteiger partial charge in [-0.3, -0.25) is 14.4 Å². The molecule has 0 aromatic heterocycles. The van der Waals surface area contributed by atoms with Crippen LogP contribution in [0.15, 0.2) is 84.9 Å². The first-order valence-corrected chi connectivity index (χ1v) is 11.7. The van der Waals surface area contributed by atoms with Crippen LogP contribution in [0.5, 0.6) is 0 Å². The number of nitrogens with zero attached hydrogens (tertiary/aromatic N) is 1. The smallest absolute Gasteiger partial charge is 0.239 e. The molecule has 4 atom stereocenters. The summed E-state index contributed by atoms with van der Waals surface area (Å²) in [7, 11) is 0. The van der Waals surface area contributed by atoms with E-state index < -0.39 is 22.7 Å². The Morgan fingerprint density at radius 1 is 0.647 bits per heavy atom. The van der Waals surface area contributed by atoms with Crippen LogP contribution < -0.4 is 4.90 Å². The third kappa shape index (κ3) is 2.41. The Morgan fingerprint density at radius 2 is 1.06 bits per heavy atom. The first-order chi connectivity index (χ1) is 16.3. The third-order valence-corrected chi connectivity index (χ3v) is 8.24. The normalized spacial score (nSPS) is 29.9. The molecule has 0 spiro atoms. The van der Waals surface area contributed by atoms with Crippen molar-refractivity contribution < 1.29 is 14.4 Å². The molecular weight excluding hydrogens is 446 g/mol. The van der Waals surface area contributed by atoms with Crippen LogP contribution >= 0.6 is 11.6 Å². The summed E-state index contributed by atoms with van der Waals surface area (Å²) in [6.45, 7) is 3.71. The number of halogens is 1. The number of Topliss-reactive ketones (excluding diaryl/α,β-unsaturated/α-hetero) is 1.